The van der Waals surface area contributed by atoms with E-state index >= 15 is 0 Å². The number of nitrogens with two attached hydrogens (primary N) is 1. The molecule has 1 aliphatic rings. The summed E-state index contributed by atoms with van der Waals surface area (Å²) in [7, 11) is 2.20. The van der Waals surface area contributed by atoms with Gasteiger partial charge in [-0.05, 0) is 32.9 Å². The van der Waals surface area contributed by atoms with E-state index in [-0.39, 0.29) is 0 Å². The monoisotopic (exact) mass is 236 g/mol. The van der Waals surface area contributed by atoms with Crippen molar-refractivity contribution < 1.29 is 4.42 Å². The minimum Gasteiger partial charge on any atom is -0.465 e. The molecule has 0 atom stereocenters. The fourth-order valence-corrected chi connectivity index (χ4v) is 2.76. The smallest absolute Gasteiger partial charge is 0.118 e. The average Bonchev–Trinajstić information content (AvgIpc) is 2.70. The van der Waals surface area contributed by atoms with Gasteiger partial charge in [0.2, 0.25) is 0 Å². The lowest BCUT2D eigenvalue weighted by Crippen LogP contribution is -2.32. The van der Waals surface area contributed by atoms with Crippen LogP contribution in [-0.4, -0.2) is 18.0 Å². The maximum Gasteiger partial charge on any atom is 0.118 e. The summed E-state index contributed by atoms with van der Waals surface area (Å²) in [6.45, 7) is 3.47. The average molecular weight is 236 g/mol. The van der Waals surface area contributed by atoms with Gasteiger partial charge in [-0.25, -0.2) is 0 Å². The van der Waals surface area contributed by atoms with Crippen molar-refractivity contribution >= 4 is 0 Å². The van der Waals surface area contributed by atoms with Gasteiger partial charge < -0.3 is 10.2 Å². The predicted octanol–water partition coefficient (Wildman–Crippen LogP) is 2.81. The molecule has 0 spiro atoms. The highest BCUT2D eigenvalue weighted by atomic mass is 16.3. The molecule has 3 heteroatoms. The summed E-state index contributed by atoms with van der Waals surface area (Å²) >= 11 is 0. The van der Waals surface area contributed by atoms with Crippen LogP contribution in [0.5, 0.6) is 0 Å². The Morgan fingerprint density at radius 1 is 1.35 bits per heavy atom. The zero-order chi connectivity index (χ0) is 12.3. The molecule has 96 valence electrons. The summed E-state index contributed by atoms with van der Waals surface area (Å²) in [4.78, 5) is 2.43. The van der Waals surface area contributed by atoms with Gasteiger partial charge in [0.25, 0.3) is 0 Å². The Bertz CT molecular complexity index is 353. The first-order chi connectivity index (χ1) is 8.20. The number of furan rings is 1. The first kappa shape index (κ1) is 12.7. The number of hydrogen-bond acceptors (Lipinski definition) is 3. The molecule has 1 saturated carbocycles. The fourth-order valence-electron chi connectivity index (χ4n) is 2.76. The molecule has 17 heavy (non-hydrogen) atoms. The standard InChI is InChI=1S/C14H24N2O/c1-11-12(9-15)8-14(17-11)10-16(2)13-6-4-3-5-7-13/h8,13H,3-7,9-10,15H2,1-2H3. The summed E-state index contributed by atoms with van der Waals surface area (Å²) in [6, 6.07) is 2.84. The third kappa shape index (κ3) is 3.11. The Labute approximate surface area is 104 Å². The van der Waals surface area contributed by atoms with Crippen molar-refractivity contribution in [3.63, 3.8) is 0 Å². The molecular formula is C14H24N2O. The zero-order valence-corrected chi connectivity index (χ0v) is 11.0. The molecule has 2 rings (SSSR count). The van der Waals surface area contributed by atoms with Crippen LogP contribution in [-0.2, 0) is 13.1 Å². The van der Waals surface area contributed by atoms with E-state index in [1.54, 1.807) is 0 Å². The van der Waals surface area contributed by atoms with Crippen molar-refractivity contribution in [2.24, 2.45) is 5.73 Å². The van der Waals surface area contributed by atoms with Crippen LogP contribution in [0, 0.1) is 6.92 Å². The van der Waals surface area contributed by atoms with Crippen LogP contribution < -0.4 is 5.73 Å². The van der Waals surface area contributed by atoms with Gasteiger partial charge in [0.05, 0.1) is 6.54 Å². The van der Waals surface area contributed by atoms with Gasteiger partial charge in [-0.15, -0.1) is 0 Å². The van der Waals surface area contributed by atoms with E-state index in [0.29, 0.717) is 6.54 Å². The second kappa shape index (κ2) is 5.69. The minimum atomic E-state index is 0.572. The molecule has 1 aromatic heterocycles. The van der Waals surface area contributed by atoms with E-state index in [1.165, 1.54) is 32.1 Å². The Balaban J connectivity index is 1.94. The first-order valence-corrected chi connectivity index (χ1v) is 6.69. The first-order valence-electron chi connectivity index (χ1n) is 6.69. The van der Waals surface area contributed by atoms with E-state index in [4.69, 9.17) is 10.2 Å². The lowest BCUT2D eigenvalue weighted by atomic mass is 9.94. The van der Waals surface area contributed by atoms with Gasteiger partial charge in [0, 0.05) is 18.2 Å². The Kier molecular flexibility index (Phi) is 4.24. The number of hydrogen-bond donors (Lipinski definition) is 1. The molecule has 0 amide bonds. The van der Waals surface area contributed by atoms with Gasteiger partial charge in [0.15, 0.2) is 0 Å². The van der Waals surface area contributed by atoms with Crippen LogP contribution in [0.25, 0.3) is 0 Å². The van der Waals surface area contributed by atoms with Crippen molar-refractivity contribution in [2.45, 2.75) is 58.2 Å². The molecule has 3 nitrogen and oxygen atoms in total. The number of rotatable bonds is 4. The third-order valence-electron chi connectivity index (χ3n) is 3.89. The molecule has 0 radical (unpaired) electrons. The predicted molar refractivity (Wildman–Crippen MR) is 69.7 cm³/mol. The van der Waals surface area contributed by atoms with Crippen LogP contribution in [0.2, 0.25) is 0 Å². The quantitative estimate of drug-likeness (QED) is 0.874. The normalized spacial score (nSPS) is 17.9. The Morgan fingerprint density at radius 3 is 2.65 bits per heavy atom. The van der Waals surface area contributed by atoms with Gasteiger partial charge in [-0.2, -0.15) is 0 Å². The minimum absolute atomic E-state index is 0.572. The van der Waals surface area contributed by atoms with Crippen LogP contribution in [0.15, 0.2) is 10.5 Å². The SMILES string of the molecule is Cc1oc(CN(C)C2CCCCC2)cc1CN. The van der Waals surface area contributed by atoms with Gasteiger partial charge in [0.1, 0.15) is 11.5 Å². The second-order valence-corrected chi connectivity index (χ2v) is 5.21. The van der Waals surface area contributed by atoms with Crippen LogP contribution >= 0.6 is 0 Å². The van der Waals surface area contributed by atoms with E-state index in [9.17, 15) is 0 Å². The lowest BCUT2D eigenvalue weighted by molar-refractivity contribution is 0.172. The molecule has 0 unspecified atom stereocenters. The van der Waals surface area contributed by atoms with Crippen LogP contribution in [0.4, 0.5) is 0 Å². The third-order valence-corrected chi connectivity index (χ3v) is 3.89. The Morgan fingerprint density at radius 2 is 2.06 bits per heavy atom. The van der Waals surface area contributed by atoms with Crippen molar-refractivity contribution in [2.75, 3.05) is 7.05 Å². The highest BCUT2D eigenvalue weighted by Gasteiger charge is 2.19. The van der Waals surface area contributed by atoms with Crippen molar-refractivity contribution in [1.82, 2.24) is 4.90 Å². The molecule has 1 aliphatic carbocycles. The summed E-state index contributed by atoms with van der Waals surface area (Å²) in [5.41, 5.74) is 6.80. The highest BCUT2D eigenvalue weighted by molar-refractivity contribution is 5.20. The molecule has 0 aromatic carbocycles. The molecular weight excluding hydrogens is 212 g/mol. The highest BCUT2D eigenvalue weighted by Crippen LogP contribution is 2.24. The van der Waals surface area contributed by atoms with E-state index in [0.717, 1.165) is 29.7 Å². The molecule has 1 fully saturated rings. The van der Waals surface area contributed by atoms with Crippen molar-refractivity contribution in [3.8, 4) is 0 Å². The van der Waals surface area contributed by atoms with Gasteiger partial charge >= 0.3 is 0 Å². The second-order valence-electron chi connectivity index (χ2n) is 5.21. The van der Waals surface area contributed by atoms with Crippen LogP contribution in [0.1, 0.15) is 49.2 Å². The summed E-state index contributed by atoms with van der Waals surface area (Å²) in [5.74, 6) is 2.02. The van der Waals surface area contributed by atoms with E-state index in [2.05, 4.69) is 18.0 Å². The largest absolute Gasteiger partial charge is 0.465 e. The van der Waals surface area contributed by atoms with Crippen LogP contribution in [0.3, 0.4) is 0 Å². The lowest BCUT2D eigenvalue weighted by Gasteiger charge is -2.30. The Hall–Kier alpha value is -0.800. The van der Waals surface area contributed by atoms with Crippen molar-refractivity contribution in [1.29, 1.82) is 0 Å². The molecule has 1 heterocycles. The fraction of sp³-hybridized carbons (Fsp3) is 0.714. The molecule has 0 aliphatic heterocycles. The molecule has 1 aromatic rings. The maximum atomic E-state index is 5.75. The molecule has 0 bridgehead atoms. The summed E-state index contributed by atoms with van der Waals surface area (Å²) in [5, 5.41) is 0. The molecule has 0 saturated heterocycles. The van der Waals surface area contributed by atoms with E-state index < -0.39 is 0 Å². The topological polar surface area (TPSA) is 42.4 Å². The number of aryl methyl sites for hydroxylation is 1. The van der Waals surface area contributed by atoms with E-state index in [1.807, 2.05) is 6.92 Å². The van der Waals surface area contributed by atoms with Gasteiger partial charge in [-0.1, -0.05) is 19.3 Å². The molecule has 2 N–H and O–H groups in total. The van der Waals surface area contributed by atoms with Gasteiger partial charge in [-0.3, -0.25) is 4.90 Å². The maximum absolute atomic E-state index is 5.75. The number of nitrogens with zero attached hydrogens (tertiary/aromatic N) is 1. The summed E-state index contributed by atoms with van der Waals surface area (Å²) < 4.78 is 5.75. The summed E-state index contributed by atoms with van der Waals surface area (Å²) in [6.07, 6.45) is 6.82. The van der Waals surface area contributed by atoms with Crippen molar-refractivity contribution in [3.05, 3.63) is 23.2 Å². The zero-order valence-electron chi connectivity index (χ0n) is 11.0.